The molecule has 23 heavy (non-hydrogen) atoms. The van der Waals surface area contributed by atoms with Gasteiger partial charge < -0.3 is 5.32 Å². The largest absolute Gasteiger partial charge is 0.351 e. The Kier molecular flexibility index (Phi) is 4.79. The van der Waals surface area contributed by atoms with Crippen LogP contribution in [0.3, 0.4) is 0 Å². The first-order valence-corrected chi connectivity index (χ1v) is 7.64. The maximum Gasteiger partial charge on any atom is 0.251 e. The molecule has 1 N–H and O–H groups in total. The quantitative estimate of drug-likeness (QED) is 0.782. The van der Waals surface area contributed by atoms with Crippen LogP contribution < -0.4 is 5.32 Å². The number of nitrogens with one attached hydrogen (secondary N) is 1. The van der Waals surface area contributed by atoms with Gasteiger partial charge in [0.25, 0.3) is 5.91 Å². The van der Waals surface area contributed by atoms with Crippen LogP contribution in [0.2, 0.25) is 0 Å². The van der Waals surface area contributed by atoms with Crippen molar-refractivity contribution in [3.05, 3.63) is 102 Å². The average molecular weight is 302 g/mol. The third-order valence-electron chi connectivity index (χ3n) is 3.75. The molecule has 0 aliphatic carbocycles. The van der Waals surface area contributed by atoms with Crippen LogP contribution in [-0.2, 0) is 0 Å². The Morgan fingerprint density at radius 3 is 2.17 bits per heavy atom. The topological polar surface area (TPSA) is 42.0 Å². The highest BCUT2D eigenvalue weighted by atomic mass is 16.1. The number of hydrogen-bond acceptors (Lipinski definition) is 2. The highest BCUT2D eigenvalue weighted by Gasteiger charge is 2.16. The lowest BCUT2D eigenvalue weighted by molar-refractivity contribution is 0.0952. The summed E-state index contributed by atoms with van der Waals surface area (Å²) in [6.07, 6.45) is 1.78. The van der Waals surface area contributed by atoms with Gasteiger partial charge in [0.05, 0.1) is 0 Å². The maximum atomic E-state index is 12.3. The monoisotopic (exact) mass is 302 g/mol. The molecule has 1 atom stereocenters. The van der Waals surface area contributed by atoms with E-state index >= 15 is 0 Å². The first-order chi connectivity index (χ1) is 11.3. The fourth-order valence-electron chi connectivity index (χ4n) is 2.55. The fourth-order valence-corrected chi connectivity index (χ4v) is 2.55. The van der Waals surface area contributed by atoms with E-state index in [1.807, 2.05) is 66.7 Å². The van der Waals surface area contributed by atoms with E-state index in [1.54, 1.807) is 6.20 Å². The van der Waals surface area contributed by atoms with Gasteiger partial charge in [-0.2, -0.15) is 0 Å². The van der Waals surface area contributed by atoms with Gasteiger partial charge in [0, 0.05) is 29.9 Å². The Labute approximate surface area is 136 Å². The van der Waals surface area contributed by atoms with Crippen LogP contribution >= 0.6 is 0 Å². The number of nitrogens with zero attached hydrogens (tertiary/aromatic N) is 1. The van der Waals surface area contributed by atoms with Gasteiger partial charge in [-0.15, -0.1) is 0 Å². The van der Waals surface area contributed by atoms with Crippen molar-refractivity contribution in [2.75, 3.05) is 6.54 Å². The maximum absolute atomic E-state index is 12.3. The van der Waals surface area contributed by atoms with Crippen LogP contribution in [0.15, 0.2) is 85.1 Å². The van der Waals surface area contributed by atoms with Gasteiger partial charge in [0.1, 0.15) is 0 Å². The molecule has 0 aliphatic rings. The summed E-state index contributed by atoms with van der Waals surface area (Å²) in [5.41, 5.74) is 2.76. The van der Waals surface area contributed by atoms with E-state index in [0.29, 0.717) is 12.1 Å². The summed E-state index contributed by atoms with van der Waals surface area (Å²) in [5.74, 6) is -0.0347. The molecule has 1 amide bonds. The Balaban J connectivity index is 1.79. The number of amides is 1. The van der Waals surface area contributed by atoms with Crippen LogP contribution in [-0.4, -0.2) is 17.4 Å². The number of aromatic nitrogens is 1. The molecule has 3 aromatic rings. The molecule has 0 saturated heterocycles. The van der Waals surface area contributed by atoms with Gasteiger partial charge in [0.2, 0.25) is 0 Å². The van der Waals surface area contributed by atoms with Crippen molar-refractivity contribution in [2.24, 2.45) is 0 Å². The minimum Gasteiger partial charge on any atom is -0.351 e. The smallest absolute Gasteiger partial charge is 0.251 e. The van der Waals surface area contributed by atoms with Gasteiger partial charge in [-0.3, -0.25) is 9.78 Å². The number of hydrogen-bond donors (Lipinski definition) is 1. The van der Waals surface area contributed by atoms with Crippen LogP contribution in [0.5, 0.6) is 0 Å². The van der Waals surface area contributed by atoms with Crippen LogP contribution in [0.1, 0.15) is 27.5 Å². The van der Waals surface area contributed by atoms with E-state index in [-0.39, 0.29) is 11.8 Å². The minimum absolute atomic E-state index is 0.0325. The van der Waals surface area contributed by atoms with Crippen molar-refractivity contribution in [3.8, 4) is 0 Å². The Morgan fingerprint density at radius 2 is 1.52 bits per heavy atom. The van der Waals surface area contributed by atoms with E-state index in [1.165, 1.54) is 0 Å². The van der Waals surface area contributed by atoms with Gasteiger partial charge in [-0.05, 0) is 29.8 Å². The molecular weight excluding hydrogens is 284 g/mol. The molecular formula is C20H18N2O. The Bertz CT molecular complexity index is 703. The SMILES string of the molecule is O=C(NCC(c1ccccc1)c1ccccn1)c1ccccc1. The summed E-state index contributed by atoms with van der Waals surface area (Å²) in [5, 5.41) is 3.02. The zero-order valence-corrected chi connectivity index (χ0v) is 12.7. The van der Waals surface area contributed by atoms with Gasteiger partial charge >= 0.3 is 0 Å². The zero-order valence-electron chi connectivity index (χ0n) is 12.7. The van der Waals surface area contributed by atoms with E-state index in [4.69, 9.17) is 0 Å². The molecule has 114 valence electrons. The lowest BCUT2D eigenvalue weighted by atomic mass is 9.95. The Morgan fingerprint density at radius 1 is 0.870 bits per heavy atom. The lowest BCUT2D eigenvalue weighted by Gasteiger charge is -2.18. The zero-order chi connectivity index (χ0) is 15.9. The second-order valence-electron chi connectivity index (χ2n) is 5.29. The molecule has 0 aliphatic heterocycles. The fraction of sp³-hybridized carbons (Fsp3) is 0.100. The molecule has 0 bridgehead atoms. The number of carbonyl (C=O) groups is 1. The molecule has 1 unspecified atom stereocenters. The average Bonchev–Trinajstić information content (AvgIpc) is 2.64. The molecule has 3 heteroatoms. The summed E-state index contributed by atoms with van der Waals surface area (Å²) in [7, 11) is 0. The molecule has 1 aromatic heterocycles. The lowest BCUT2D eigenvalue weighted by Crippen LogP contribution is -2.29. The second-order valence-corrected chi connectivity index (χ2v) is 5.29. The molecule has 3 rings (SSSR count). The first-order valence-electron chi connectivity index (χ1n) is 7.64. The third kappa shape index (κ3) is 3.83. The van der Waals surface area contributed by atoms with Crippen molar-refractivity contribution >= 4 is 5.91 Å². The predicted molar refractivity (Wildman–Crippen MR) is 91.3 cm³/mol. The molecule has 0 saturated carbocycles. The summed E-state index contributed by atoms with van der Waals surface area (Å²) in [6.45, 7) is 0.509. The molecule has 0 radical (unpaired) electrons. The Hall–Kier alpha value is -2.94. The van der Waals surface area contributed by atoms with Crippen molar-refractivity contribution in [1.29, 1.82) is 0 Å². The second kappa shape index (κ2) is 7.36. The van der Waals surface area contributed by atoms with E-state index < -0.39 is 0 Å². The third-order valence-corrected chi connectivity index (χ3v) is 3.75. The van der Waals surface area contributed by atoms with Crippen molar-refractivity contribution in [1.82, 2.24) is 10.3 Å². The summed E-state index contributed by atoms with van der Waals surface area (Å²) >= 11 is 0. The molecule has 0 fully saturated rings. The standard InChI is InChI=1S/C20H18N2O/c23-20(17-11-5-2-6-12-17)22-15-18(16-9-3-1-4-10-16)19-13-7-8-14-21-19/h1-14,18H,15H2,(H,22,23). The van der Waals surface area contributed by atoms with Crippen molar-refractivity contribution in [2.45, 2.75) is 5.92 Å². The van der Waals surface area contributed by atoms with Gasteiger partial charge in [-0.25, -0.2) is 0 Å². The number of benzene rings is 2. The summed E-state index contributed by atoms with van der Waals surface area (Å²) in [4.78, 5) is 16.7. The first kappa shape index (κ1) is 15.0. The van der Waals surface area contributed by atoms with E-state index in [0.717, 1.165) is 11.3 Å². The predicted octanol–water partition coefficient (Wildman–Crippen LogP) is 3.64. The normalized spacial score (nSPS) is 11.7. The van der Waals surface area contributed by atoms with Crippen molar-refractivity contribution in [3.63, 3.8) is 0 Å². The summed E-state index contributed by atoms with van der Waals surface area (Å²) < 4.78 is 0. The van der Waals surface area contributed by atoms with E-state index in [2.05, 4.69) is 22.4 Å². The summed E-state index contributed by atoms with van der Waals surface area (Å²) in [6, 6.07) is 25.2. The van der Waals surface area contributed by atoms with Crippen molar-refractivity contribution < 1.29 is 4.79 Å². The van der Waals surface area contributed by atoms with Gasteiger partial charge in [0.15, 0.2) is 0 Å². The molecule has 3 nitrogen and oxygen atoms in total. The minimum atomic E-state index is -0.0672. The van der Waals surface area contributed by atoms with Crippen LogP contribution in [0.25, 0.3) is 0 Å². The molecule has 1 heterocycles. The van der Waals surface area contributed by atoms with Crippen LogP contribution in [0, 0.1) is 0 Å². The van der Waals surface area contributed by atoms with E-state index in [9.17, 15) is 4.79 Å². The highest BCUT2D eigenvalue weighted by Crippen LogP contribution is 2.22. The number of carbonyl (C=O) groups excluding carboxylic acids is 1. The van der Waals surface area contributed by atoms with Crippen LogP contribution in [0.4, 0.5) is 0 Å². The molecule has 2 aromatic carbocycles. The number of pyridine rings is 1. The molecule has 0 spiro atoms. The van der Waals surface area contributed by atoms with Gasteiger partial charge in [-0.1, -0.05) is 54.6 Å². The number of rotatable bonds is 5. The highest BCUT2D eigenvalue weighted by molar-refractivity contribution is 5.94.